The molecule has 2 aliphatic heterocycles. The Labute approximate surface area is 156 Å². The second-order valence-electron chi connectivity index (χ2n) is 6.48. The Morgan fingerprint density at radius 1 is 1.26 bits per heavy atom. The third kappa shape index (κ3) is 3.42. The smallest absolute Gasteiger partial charge is 0.254 e. The van der Waals surface area contributed by atoms with Crippen molar-refractivity contribution >= 4 is 5.91 Å². The van der Waals surface area contributed by atoms with Crippen LogP contribution in [0.15, 0.2) is 36.4 Å². The van der Waals surface area contributed by atoms with Crippen molar-refractivity contribution in [3.63, 3.8) is 0 Å². The summed E-state index contributed by atoms with van der Waals surface area (Å²) in [7, 11) is 1.53. The van der Waals surface area contributed by atoms with Gasteiger partial charge in [-0.1, -0.05) is 12.1 Å². The molecule has 6 nitrogen and oxygen atoms in total. The van der Waals surface area contributed by atoms with E-state index in [0.717, 1.165) is 5.56 Å². The fourth-order valence-electron chi connectivity index (χ4n) is 3.52. The first-order chi connectivity index (χ1) is 13.2. The SMILES string of the molecule is COc1cc(C(=O)N2CCNCC2c2cccc(F)c2)cc2c1OCCO2. The number of methoxy groups -OCH3 is 1. The lowest BCUT2D eigenvalue weighted by molar-refractivity contribution is 0.0632. The standard InChI is InChI=1S/C20H21FN2O4/c1-25-17-10-14(11-18-19(17)27-8-7-26-18)20(24)23-6-5-22-12-16(23)13-3-2-4-15(21)9-13/h2-4,9-11,16,22H,5-8,12H2,1H3. The molecular formula is C20H21FN2O4. The molecule has 27 heavy (non-hydrogen) atoms. The van der Waals surface area contributed by atoms with Gasteiger partial charge in [0.25, 0.3) is 5.91 Å². The minimum Gasteiger partial charge on any atom is -0.493 e. The van der Waals surface area contributed by atoms with Crippen LogP contribution in [0, 0.1) is 5.82 Å². The van der Waals surface area contributed by atoms with Crippen molar-refractivity contribution < 1.29 is 23.4 Å². The van der Waals surface area contributed by atoms with E-state index in [0.29, 0.717) is 55.7 Å². The van der Waals surface area contributed by atoms with Crippen LogP contribution in [-0.4, -0.2) is 50.8 Å². The normalized spacial score (nSPS) is 18.9. The Hall–Kier alpha value is -2.80. The number of fused-ring (bicyclic) bond motifs is 1. The van der Waals surface area contributed by atoms with E-state index >= 15 is 0 Å². The second kappa shape index (κ2) is 7.44. The number of rotatable bonds is 3. The predicted octanol–water partition coefficient (Wildman–Crippen LogP) is 2.39. The minimum atomic E-state index is -0.313. The van der Waals surface area contributed by atoms with Crippen LogP contribution in [-0.2, 0) is 0 Å². The number of ether oxygens (including phenoxy) is 3. The molecule has 142 valence electrons. The van der Waals surface area contributed by atoms with E-state index in [2.05, 4.69) is 5.32 Å². The zero-order chi connectivity index (χ0) is 18.8. The first-order valence-corrected chi connectivity index (χ1v) is 8.92. The lowest BCUT2D eigenvalue weighted by Crippen LogP contribution is -2.48. The van der Waals surface area contributed by atoms with Crippen molar-refractivity contribution in [3.8, 4) is 17.2 Å². The molecule has 2 aliphatic rings. The molecular weight excluding hydrogens is 351 g/mol. The molecule has 1 N–H and O–H groups in total. The van der Waals surface area contributed by atoms with Gasteiger partial charge in [0.05, 0.1) is 13.2 Å². The minimum absolute atomic E-state index is 0.152. The summed E-state index contributed by atoms with van der Waals surface area (Å²) in [6, 6.07) is 9.48. The van der Waals surface area contributed by atoms with Gasteiger partial charge >= 0.3 is 0 Å². The summed E-state index contributed by atoms with van der Waals surface area (Å²) in [5, 5.41) is 3.28. The van der Waals surface area contributed by atoms with Crippen LogP contribution in [0.1, 0.15) is 22.0 Å². The van der Waals surface area contributed by atoms with E-state index in [1.807, 2.05) is 6.07 Å². The molecule has 0 radical (unpaired) electrons. The number of halogens is 1. The first kappa shape index (κ1) is 17.6. The van der Waals surface area contributed by atoms with Gasteiger partial charge in [-0.15, -0.1) is 0 Å². The van der Waals surface area contributed by atoms with Crippen molar-refractivity contribution in [2.75, 3.05) is 40.0 Å². The number of hydrogen-bond donors (Lipinski definition) is 1. The van der Waals surface area contributed by atoms with Crippen LogP contribution in [0.2, 0.25) is 0 Å². The average Bonchev–Trinajstić information content (AvgIpc) is 2.72. The fourth-order valence-corrected chi connectivity index (χ4v) is 3.52. The summed E-state index contributed by atoms with van der Waals surface area (Å²) >= 11 is 0. The summed E-state index contributed by atoms with van der Waals surface area (Å²) in [5.41, 5.74) is 1.22. The van der Waals surface area contributed by atoms with E-state index in [4.69, 9.17) is 14.2 Å². The van der Waals surface area contributed by atoms with E-state index in [9.17, 15) is 9.18 Å². The van der Waals surface area contributed by atoms with Gasteiger partial charge in [-0.05, 0) is 29.8 Å². The molecule has 0 aliphatic carbocycles. The number of amides is 1. The van der Waals surface area contributed by atoms with Gasteiger partial charge in [0.2, 0.25) is 5.75 Å². The van der Waals surface area contributed by atoms with Crippen molar-refractivity contribution in [1.29, 1.82) is 0 Å². The van der Waals surface area contributed by atoms with Gasteiger partial charge in [-0.25, -0.2) is 4.39 Å². The predicted molar refractivity (Wildman–Crippen MR) is 97.0 cm³/mol. The molecule has 0 saturated carbocycles. The van der Waals surface area contributed by atoms with Crippen molar-refractivity contribution in [2.45, 2.75) is 6.04 Å². The van der Waals surface area contributed by atoms with Crippen molar-refractivity contribution in [3.05, 3.63) is 53.3 Å². The molecule has 1 atom stereocenters. The number of benzene rings is 2. The number of nitrogens with zero attached hydrogens (tertiary/aromatic N) is 1. The van der Waals surface area contributed by atoms with Crippen LogP contribution in [0.3, 0.4) is 0 Å². The van der Waals surface area contributed by atoms with Crippen molar-refractivity contribution in [2.24, 2.45) is 0 Å². The van der Waals surface area contributed by atoms with E-state index < -0.39 is 0 Å². The Kier molecular flexibility index (Phi) is 4.85. The first-order valence-electron chi connectivity index (χ1n) is 8.92. The molecule has 2 aromatic rings. The summed E-state index contributed by atoms with van der Waals surface area (Å²) in [6.45, 7) is 2.64. The molecule has 1 fully saturated rings. The van der Waals surface area contributed by atoms with Crippen LogP contribution in [0.5, 0.6) is 17.2 Å². The lowest BCUT2D eigenvalue weighted by Gasteiger charge is -2.37. The molecule has 1 unspecified atom stereocenters. The molecule has 0 spiro atoms. The van der Waals surface area contributed by atoms with E-state index in [-0.39, 0.29) is 17.8 Å². The number of piperazine rings is 1. The monoisotopic (exact) mass is 372 g/mol. The average molecular weight is 372 g/mol. The molecule has 0 aromatic heterocycles. The van der Waals surface area contributed by atoms with Gasteiger partial charge in [0.15, 0.2) is 11.5 Å². The van der Waals surface area contributed by atoms with Gasteiger partial charge in [-0.2, -0.15) is 0 Å². The Balaban J connectivity index is 1.68. The van der Waals surface area contributed by atoms with Gasteiger partial charge < -0.3 is 24.4 Å². The highest BCUT2D eigenvalue weighted by Crippen LogP contribution is 2.41. The highest BCUT2D eigenvalue weighted by Gasteiger charge is 2.30. The van der Waals surface area contributed by atoms with Crippen LogP contribution >= 0.6 is 0 Å². The van der Waals surface area contributed by atoms with Crippen LogP contribution < -0.4 is 19.5 Å². The Bertz CT molecular complexity index is 841. The molecule has 2 heterocycles. The van der Waals surface area contributed by atoms with Gasteiger partial charge in [0.1, 0.15) is 19.0 Å². The van der Waals surface area contributed by atoms with Gasteiger partial charge in [-0.3, -0.25) is 4.79 Å². The second-order valence-corrected chi connectivity index (χ2v) is 6.48. The van der Waals surface area contributed by atoms with E-state index in [1.165, 1.54) is 19.2 Å². The largest absolute Gasteiger partial charge is 0.493 e. The maximum absolute atomic E-state index is 13.7. The number of carbonyl (C=O) groups is 1. The Morgan fingerprint density at radius 3 is 2.93 bits per heavy atom. The quantitative estimate of drug-likeness (QED) is 0.897. The number of carbonyl (C=O) groups excluding carboxylic acids is 1. The number of nitrogens with one attached hydrogen (secondary N) is 1. The van der Waals surface area contributed by atoms with Crippen molar-refractivity contribution in [1.82, 2.24) is 10.2 Å². The van der Waals surface area contributed by atoms with Crippen LogP contribution in [0.4, 0.5) is 4.39 Å². The topological polar surface area (TPSA) is 60.0 Å². The zero-order valence-corrected chi connectivity index (χ0v) is 15.0. The van der Waals surface area contributed by atoms with Crippen LogP contribution in [0.25, 0.3) is 0 Å². The number of hydrogen-bond acceptors (Lipinski definition) is 5. The summed E-state index contributed by atoms with van der Waals surface area (Å²) in [6.07, 6.45) is 0. The highest BCUT2D eigenvalue weighted by molar-refractivity contribution is 5.96. The summed E-state index contributed by atoms with van der Waals surface area (Å²) in [5.74, 6) is 1.02. The molecule has 4 rings (SSSR count). The summed E-state index contributed by atoms with van der Waals surface area (Å²) in [4.78, 5) is 15.0. The van der Waals surface area contributed by atoms with E-state index in [1.54, 1.807) is 23.1 Å². The zero-order valence-electron chi connectivity index (χ0n) is 15.0. The maximum Gasteiger partial charge on any atom is 0.254 e. The molecule has 1 amide bonds. The molecule has 7 heteroatoms. The highest BCUT2D eigenvalue weighted by atomic mass is 19.1. The fraction of sp³-hybridized carbons (Fsp3) is 0.350. The third-order valence-electron chi connectivity index (χ3n) is 4.81. The summed E-state index contributed by atoms with van der Waals surface area (Å²) < 4.78 is 30.3. The van der Waals surface area contributed by atoms with Gasteiger partial charge in [0, 0.05) is 25.2 Å². The molecule has 0 bridgehead atoms. The molecule has 1 saturated heterocycles. The molecule has 2 aromatic carbocycles. The lowest BCUT2D eigenvalue weighted by atomic mass is 10.0. The maximum atomic E-state index is 13.7. The third-order valence-corrected chi connectivity index (χ3v) is 4.81. The Morgan fingerprint density at radius 2 is 2.11 bits per heavy atom.